The van der Waals surface area contributed by atoms with Gasteiger partial charge in [0.1, 0.15) is 5.54 Å². The predicted octanol–water partition coefficient (Wildman–Crippen LogP) is 2.12. The second-order valence-electron chi connectivity index (χ2n) is 6.39. The molecule has 0 saturated heterocycles. The van der Waals surface area contributed by atoms with Crippen molar-refractivity contribution in [2.45, 2.75) is 57.5 Å². The van der Waals surface area contributed by atoms with Crippen LogP contribution in [0.15, 0.2) is 0 Å². The van der Waals surface area contributed by atoms with Crippen LogP contribution in [0.5, 0.6) is 0 Å². The van der Waals surface area contributed by atoms with Crippen molar-refractivity contribution in [2.24, 2.45) is 11.8 Å². The summed E-state index contributed by atoms with van der Waals surface area (Å²) < 4.78 is 10.8. The van der Waals surface area contributed by atoms with Crippen molar-refractivity contribution in [3.05, 3.63) is 0 Å². The molecule has 1 unspecified atom stereocenters. The monoisotopic (exact) mass is 269 g/mol. The lowest BCUT2D eigenvalue weighted by atomic mass is 9.93. The lowest BCUT2D eigenvalue weighted by Crippen LogP contribution is -2.59. The van der Waals surface area contributed by atoms with Gasteiger partial charge < -0.3 is 9.47 Å². The van der Waals surface area contributed by atoms with Gasteiger partial charge in [-0.2, -0.15) is 0 Å². The minimum atomic E-state index is -0.590. The van der Waals surface area contributed by atoms with Gasteiger partial charge >= 0.3 is 5.97 Å². The first-order chi connectivity index (χ1) is 9.08. The summed E-state index contributed by atoms with van der Waals surface area (Å²) in [5, 5.41) is 3.51. The molecule has 0 heterocycles. The van der Waals surface area contributed by atoms with E-state index < -0.39 is 5.54 Å². The molecule has 0 aromatic rings. The second-order valence-corrected chi connectivity index (χ2v) is 6.39. The molecule has 0 aromatic carbocycles. The molecule has 19 heavy (non-hydrogen) atoms. The first kappa shape index (κ1) is 14.8. The smallest absolute Gasteiger partial charge is 0.328 e. The summed E-state index contributed by atoms with van der Waals surface area (Å²) in [4.78, 5) is 12.2. The zero-order valence-corrected chi connectivity index (χ0v) is 12.4. The Hall–Kier alpha value is -0.610. The summed E-state index contributed by atoms with van der Waals surface area (Å²) in [6, 6.07) is 0.480. The molecule has 110 valence electrons. The average molecular weight is 269 g/mol. The van der Waals surface area contributed by atoms with E-state index in [1.165, 1.54) is 7.11 Å². The molecule has 0 amide bonds. The molecule has 2 saturated carbocycles. The Morgan fingerprint density at radius 3 is 2.47 bits per heavy atom. The highest BCUT2D eigenvalue weighted by molar-refractivity contribution is 5.82. The summed E-state index contributed by atoms with van der Waals surface area (Å²) in [6.07, 6.45) is 5.56. The third-order valence-corrected chi connectivity index (χ3v) is 4.03. The number of esters is 1. The summed E-state index contributed by atoms with van der Waals surface area (Å²) >= 11 is 0. The molecule has 2 fully saturated rings. The molecule has 1 N–H and O–H groups in total. The van der Waals surface area contributed by atoms with E-state index in [2.05, 4.69) is 19.2 Å². The molecule has 2 aliphatic carbocycles. The zero-order chi connectivity index (χ0) is 13.9. The maximum atomic E-state index is 12.2. The molecule has 4 heteroatoms. The third kappa shape index (κ3) is 3.93. The lowest BCUT2D eigenvalue weighted by molar-refractivity contribution is -0.153. The van der Waals surface area contributed by atoms with Gasteiger partial charge in [-0.25, -0.2) is 4.79 Å². The van der Waals surface area contributed by atoms with Crippen molar-refractivity contribution in [1.29, 1.82) is 0 Å². The Morgan fingerprint density at radius 1 is 1.32 bits per heavy atom. The van der Waals surface area contributed by atoms with Crippen LogP contribution in [0.3, 0.4) is 0 Å². The number of carbonyl (C=O) groups is 1. The van der Waals surface area contributed by atoms with Crippen LogP contribution in [0, 0.1) is 11.8 Å². The van der Waals surface area contributed by atoms with Crippen molar-refractivity contribution in [3.8, 4) is 0 Å². The molecular formula is C15H27NO3. The van der Waals surface area contributed by atoms with Crippen molar-refractivity contribution in [2.75, 3.05) is 20.3 Å². The normalized spacial score (nSPS) is 22.3. The predicted molar refractivity (Wildman–Crippen MR) is 73.9 cm³/mol. The molecule has 0 aromatic heterocycles. The fraction of sp³-hybridized carbons (Fsp3) is 0.933. The Kier molecular flexibility index (Phi) is 4.85. The third-order valence-electron chi connectivity index (χ3n) is 4.03. The molecule has 2 rings (SSSR count). The standard InChI is InChI=1S/C15H27NO3/c1-11(2)8-9-19-10-15(12-4-5-12,14(17)18-3)16-13-6-7-13/h11-13,16H,4-10H2,1-3H3. The van der Waals surface area contributed by atoms with Crippen molar-refractivity contribution >= 4 is 5.97 Å². The van der Waals surface area contributed by atoms with Crippen molar-refractivity contribution in [3.63, 3.8) is 0 Å². The molecule has 2 aliphatic rings. The maximum absolute atomic E-state index is 12.2. The van der Waals surface area contributed by atoms with Gasteiger partial charge in [0, 0.05) is 12.6 Å². The second kappa shape index (κ2) is 6.23. The van der Waals surface area contributed by atoms with Crippen molar-refractivity contribution in [1.82, 2.24) is 5.32 Å². The molecule has 1 atom stereocenters. The SMILES string of the molecule is COC(=O)C(COCCC(C)C)(NC1CC1)C1CC1. The number of carbonyl (C=O) groups excluding carboxylic acids is 1. The van der Waals surface area contributed by atoms with Crippen molar-refractivity contribution < 1.29 is 14.3 Å². The van der Waals surface area contributed by atoms with Crippen LogP contribution in [0.4, 0.5) is 0 Å². The van der Waals surface area contributed by atoms with E-state index in [1.54, 1.807) is 0 Å². The van der Waals surface area contributed by atoms with E-state index in [1.807, 2.05) is 0 Å². The molecule has 4 nitrogen and oxygen atoms in total. The Labute approximate surface area is 116 Å². The summed E-state index contributed by atoms with van der Waals surface area (Å²) in [5.41, 5.74) is -0.590. The first-order valence-electron chi connectivity index (χ1n) is 7.52. The van der Waals surface area contributed by atoms with Crippen LogP contribution in [-0.2, 0) is 14.3 Å². The van der Waals surface area contributed by atoms with Gasteiger partial charge in [0.2, 0.25) is 0 Å². The van der Waals surface area contributed by atoms with Crippen LogP contribution in [-0.4, -0.2) is 37.9 Å². The number of nitrogens with one attached hydrogen (secondary N) is 1. The molecular weight excluding hydrogens is 242 g/mol. The van der Waals surface area contributed by atoms with Crippen LogP contribution >= 0.6 is 0 Å². The minimum Gasteiger partial charge on any atom is -0.468 e. The highest BCUT2D eigenvalue weighted by Crippen LogP contribution is 2.42. The summed E-state index contributed by atoms with van der Waals surface area (Å²) in [6.45, 7) is 5.53. The van der Waals surface area contributed by atoms with Gasteiger partial charge in [-0.15, -0.1) is 0 Å². The van der Waals surface area contributed by atoms with E-state index in [0.717, 1.165) is 38.7 Å². The van der Waals surface area contributed by atoms with E-state index in [0.29, 0.717) is 24.5 Å². The lowest BCUT2D eigenvalue weighted by Gasteiger charge is -2.32. The van der Waals surface area contributed by atoms with Crippen LogP contribution in [0.1, 0.15) is 46.0 Å². The van der Waals surface area contributed by atoms with Crippen LogP contribution in [0.25, 0.3) is 0 Å². The maximum Gasteiger partial charge on any atom is 0.328 e. The highest BCUT2D eigenvalue weighted by Gasteiger charge is 2.54. The van der Waals surface area contributed by atoms with Gasteiger partial charge in [0.25, 0.3) is 0 Å². The molecule has 0 aliphatic heterocycles. The van der Waals surface area contributed by atoms with Gasteiger partial charge in [-0.1, -0.05) is 13.8 Å². The number of rotatable bonds is 9. The Balaban J connectivity index is 1.93. The summed E-state index contributed by atoms with van der Waals surface area (Å²) in [5.74, 6) is 0.871. The highest BCUT2D eigenvalue weighted by atomic mass is 16.5. The van der Waals surface area contributed by atoms with Gasteiger partial charge in [0.05, 0.1) is 13.7 Å². The van der Waals surface area contributed by atoms with Crippen LogP contribution < -0.4 is 5.32 Å². The van der Waals surface area contributed by atoms with E-state index in [4.69, 9.17) is 9.47 Å². The fourth-order valence-electron chi connectivity index (χ4n) is 2.46. The van der Waals surface area contributed by atoms with Crippen LogP contribution in [0.2, 0.25) is 0 Å². The zero-order valence-electron chi connectivity index (χ0n) is 12.4. The topological polar surface area (TPSA) is 47.6 Å². The summed E-state index contributed by atoms with van der Waals surface area (Å²) in [7, 11) is 1.47. The van der Waals surface area contributed by atoms with E-state index in [9.17, 15) is 4.79 Å². The number of hydrogen-bond donors (Lipinski definition) is 1. The molecule has 0 radical (unpaired) electrons. The van der Waals surface area contributed by atoms with E-state index >= 15 is 0 Å². The number of methoxy groups -OCH3 is 1. The quantitative estimate of drug-likeness (QED) is 0.514. The average Bonchev–Trinajstić information content (AvgIpc) is 3.24. The van der Waals surface area contributed by atoms with E-state index in [-0.39, 0.29) is 5.97 Å². The van der Waals surface area contributed by atoms with Gasteiger partial charge in [0.15, 0.2) is 0 Å². The Morgan fingerprint density at radius 2 is 2.00 bits per heavy atom. The first-order valence-corrected chi connectivity index (χ1v) is 7.52. The van der Waals surface area contributed by atoms with Gasteiger partial charge in [-0.05, 0) is 43.9 Å². The Bertz CT molecular complexity index is 311. The number of ether oxygens (including phenoxy) is 2. The molecule has 0 bridgehead atoms. The largest absolute Gasteiger partial charge is 0.468 e. The molecule has 0 spiro atoms. The fourth-order valence-corrected chi connectivity index (χ4v) is 2.46. The number of hydrogen-bond acceptors (Lipinski definition) is 4. The minimum absolute atomic E-state index is 0.147. The van der Waals surface area contributed by atoms with Gasteiger partial charge in [-0.3, -0.25) is 5.32 Å².